The number of hydrogen-bond acceptors (Lipinski definition) is 3. The van der Waals surface area contributed by atoms with E-state index in [0.717, 1.165) is 26.2 Å². The van der Waals surface area contributed by atoms with Crippen LogP contribution in [0.15, 0.2) is 0 Å². The van der Waals surface area contributed by atoms with Gasteiger partial charge in [-0.25, -0.2) is 0 Å². The highest BCUT2D eigenvalue weighted by atomic mass is 16.5. The van der Waals surface area contributed by atoms with Gasteiger partial charge in [0.05, 0.1) is 6.61 Å². The first-order valence-corrected chi connectivity index (χ1v) is 6.50. The number of amides is 1. The molecule has 17 heavy (non-hydrogen) atoms. The minimum absolute atomic E-state index is 0.115. The molecule has 0 bridgehead atoms. The summed E-state index contributed by atoms with van der Waals surface area (Å²) in [4.78, 5) is 11.6. The molecule has 0 aliphatic carbocycles. The molecular formula is C13H26N2O2. The maximum atomic E-state index is 11.6. The third kappa shape index (κ3) is 6.03. The summed E-state index contributed by atoms with van der Waals surface area (Å²) in [7, 11) is 0. The first kappa shape index (κ1) is 14.5. The van der Waals surface area contributed by atoms with Crippen LogP contribution in [0.25, 0.3) is 0 Å². The Balaban J connectivity index is 2.16. The van der Waals surface area contributed by atoms with Gasteiger partial charge in [-0.05, 0) is 33.1 Å². The maximum absolute atomic E-state index is 11.6. The number of ether oxygens (including phenoxy) is 1. The molecule has 2 N–H and O–H groups in total. The van der Waals surface area contributed by atoms with E-state index in [2.05, 4.69) is 17.6 Å². The molecule has 4 nitrogen and oxygen atoms in total. The Kier molecular flexibility index (Phi) is 5.40. The summed E-state index contributed by atoms with van der Waals surface area (Å²) in [5, 5.41) is 6.41. The summed E-state index contributed by atoms with van der Waals surface area (Å²) in [6.07, 6.45) is 1.59. The van der Waals surface area contributed by atoms with Crippen molar-refractivity contribution in [2.75, 3.05) is 19.8 Å². The van der Waals surface area contributed by atoms with Crippen molar-refractivity contribution in [3.8, 4) is 0 Å². The normalized spacial score (nSPS) is 25.6. The lowest BCUT2D eigenvalue weighted by Gasteiger charge is -2.29. The molecule has 0 aromatic carbocycles. The van der Waals surface area contributed by atoms with Crippen LogP contribution in [0.5, 0.6) is 0 Å². The molecule has 1 heterocycles. The lowest BCUT2D eigenvalue weighted by Crippen LogP contribution is -2.45. The van der Waals surface area contributed by atoms with Gasteiger partial charge in [0.1, 0.15) is 0 Å². The quantitative estimate of drug-likeness (QED) is 0.781. The van der Waals surface area contributed by atoms with Gasteiger partial charge in [0.2, 0.25) is 5.91 Å². The molecule has 1 amide bonds. The van der Waals surface area contributed by atoms with Gasteiger partial charge in [-0.15, -0.1) is 0 Å². The van der Waals surface area contributed by atoms with Crippen molar-refractivity contribution in [3.05, 3.63) is 0 Å². The predicted octanol–water partition coefficient (Wildman–Crippen LogP) is 1.31. The van der Waals surface area contributed by atoms with Crippen molar-refractivity contribution in [2.24, 2.45) is 5.92 Å². The molecule has 1 aliphatic rings. The van der Waals surface area contributed by atoms with E-state index < -0.39 is 0 Å². The lowest BCUT2D eigenvalue weighted by atomic mass is 9.98. The van der Waals surface area contributed by atoms with Gasteiger partial charge >= 0.3 is 0 Å². The number of carbonyl (C=O) groups excluding carboxylic acids is 1. The molecule has 2 unspecified atom stereocenters. The van der Waals surface area contributed by atoms with Gasteiger partial charge in [-0.1, -0.05) is 6.92 Å². The fourth-order valence-electron chi connectivity index (χ4n) is 2.04. The van der Waals surface area contributed by atoms with Crippen LogP contribution in [0.1, 0.15) is 40.5 Å². The van der Waals surface area contributed by atoms with Crippen LogP contribution in [0, 0.1) is 5.92 Å². The standard InChI is InChI=1S/C13H26N2O2/c1-10-9-17-8-6-11(10)14-7-5-12(16)15-13(2,3)4/h10-11,14H,5-9H2,1-4H3,(H,15,16). The zero-order valence-electron chi connectivity index (χ0n) is 11.5. The van der Waals surface area contributed by atoms with Gasteiger partial charge in [0.25, 0.3) is 0 Å². The molecule has 1 rings (SSSR count). The molecule has 0 aromatic heterocycles. The Hall–Kier alpha value is -0.610. The highest BCUT2D eigenvalue weighted by molar-refractivity contribution is 5.76. The second kappa shape index (κ2) is 6.36. The highest BCUT2D eigenvalue weighted by Gasteiger charge is 2.21. The highest BCUT2D eigenvalue weighted by Crippen LogP contribution is 2.13. The maximum Gasteiger partial charge on any atom is 0.221 e. The van der Waals surface area contributed by atoms with E-state index in [1.54, 1.807) is 0 Å². The van der Waals surface area contributed by atoms with E-state index in [9.17, 15) is 4.79 Å². The van der Waals surface area contributed by atoms with Crippen LogP contribution >= 0.6 is 0 Å². The van der Waals surface area contributed by atoms with E-state index in [1.165, 1.54) is 0 Å². The van der Waals surface area contributed by atoms with Crippen molar-refractivity contribution < 1.29 is 9.53 Å². The first-order chi connectivity index (χ1) is 7.88. The smallest absolute Gasteiger partial charge is 0.221 e. The Morgan fingerprint density at radius 1 is 1.41 bits per heavy atom. The monoisotopic (exact) mass is 242 g/mol. The minimum Gasteiger partial charge on any atom is -0.381 e. The average Bonchev–Trinajstić information content (AvgIpc) is 2.18. The molecule has 0 spiro atoms. The lowest BCUT2D eigenvalue weighted by molar-refractivity contribution is -0.122. The SMILES string of the molecule is CC1COCCC1NCCC(=O)NC(C)(C)C. The molecule has 0 aromatic rings. The molecule has 4 heteroatoms. The van der Waals surface area contributed by atoms with E-state index >= 15 is 0 Å². The zero-order chi connectivity index (χ0) is 12.9. The Labute approximate surface area is 104 Å². The van der Waals surface area contributed by atoms with Crippen molar-refractivity contribution in [2.45, 2.75) is 52.1 Å². The third-order valence-electron chi connectivity index (χ3n) is 2.91. The van der Waals surface area contributed by atoms with Crippen molar-refractivity contribution in [3.63, 3.8) is 0 Å². The largest absolute Gasteiger partial charge is 0.381 e. The molecule has 1 saturated heterocycles. The molecule has 100 valence electrons. The summed E-state index contributed by atoms with van der Waals surface area (Å²) < 4.78 is 5.39. The topological polar surface area (TPSA) is 50.4 Å². The molecule has 0 saturated carbocycles. The third-order valence-corrected chi connectivity index (χ3v) is 2.91. The van der Waals surface area contributed by atoms with Gasteiger partial charge in [-0.3, -0.25) is 4.79 Å². The number of carbonyl (C=O) groups is 1. The molecular weight excluding hydrogens is 216 g/mol. The van der Waals surface area contributed by atoms with Crippen molar-refractivity contribution >= 4 is 5.91 Å². The summed E-state index contributed by atoms with van der Waals surface area (Å²) in [6.45, 7) is 10.6. The van der Waals surface area contributed by atoms with Crippen LogP contribution in [0.3, 0.4) is 0 Å². The molecule has 1 fully saturated rings. The van der Waals surface area contributed by atoms with Crippen LogP contribution in [0.4, 0.5) is 0 Å². The van der Waals surface area contributed by atoms with Gasteiger partial charge in [0, 0.05) is 31.2 Å². The molecule has 1 aliphatic heterocycles. The van der Waals surface area contributed by atoms with E-state index in [4.69, 9.17) is 4.74 Å². The molecule has 0 radical (unpaired) electrons. The van der Waals surface area contributed by atoms with Gasteiger partial charge in [-0.2, -0.15) is 0 Å². The Morgan fingerprint density at radius 3 is 2.71 bits per heavy atom. The van der Waals surface area contributed by atoms with Crippen LogP contribution in [0.2, 0.25) is 0 Å². The van der Waals surface area contributed by atoms with Crippen molar-refractivity contribution in [1.29, 1.82) is 0 Å². The first-order valence-electron chi connectivity index (χ1n) is 6.50. The average molecular weight is 242 g/mol. The second-order valence-corrected chi connectivity index (χ2v) is 5.95. The summed E-state index contributed by atoms with van der Waals surface area (Å²) in [5.74, 6) is 0.652. The minimum atomic E-state index is -0.136. The summed E-state index contributed by atoms with van der Waals surface area (Å²) in [6, 6.07) is 0.492. The predicted molar refractivity (Wildman–Crippen MR) is 68.9 cm³/mol. The van der Waals surface area contributed by atoms with Crippen LogP contribution in [-0.2, 0) is 9.53 Å². The summed E-state index contributed by atoms with van der Waals surface area (Å²) >= 11 is 0. The number of hydrogen-bond donors (Lipinski definition) is 2. The number of rotatable bonds is 4. The van der Waals surface area contributed by atoms with E-state index in [-0.39, 0.29) is 11.4 Å². The number of nitrogens with one attached hydrogen (secondary N) is 2. The van der Waals surface area contributed by atoms with E-state index in [0.29, 0.717) is 18.4 Å². The Bertz CT molecular complexity index is 248. The molecule has 2 atom stereocenters. The van der Waals surface area contributed by atoms with Crippen molar-refractivity contribution in [1.82, 2.24) is 10.6 Å². The van der Waals surface area contributed by atoms with Gasteiger partial charge < -0.3 is 15.4 Å². The fraction of sp³-hybridized carbons (Fsp3) is 0.923. The summed E-state index contributed by atoms with van der Waals surface area (Å²) in [5.41, 5.74) is -0.136. The fourth-order valence-corrected chi connectivity index (χ4v) is 2.04. The zero-order valence-corrected chi connectivity index (χ0v) is 11.5. The van der Waals surface area contributed by atoms with E-state index in [1.807, 2.05) is 20.8 Å². The van der Waals surface area contributed by atoms with Gasteiger partial charge in [0.15, 0.2) is 0 Å². The Morgan fingerprint density at radius 2 is 2.12 bits per heavy atom. The van der Waals surface area contributed by atoms with Crippen LogP contribution in [-0.4, -0.2) is 37.2 Å². The van der Waals surface area contributed by atoms with Crippen LogP contribution < -0.4 is 10.6 Å². The second-order valence-electron chi connectivity index (χ2n) is 5.95.